The zero-order valence-corrected chi connectivity index (χ0v) is 20.8. The van der Waals surface area contributed by atoms with E-state index < -0.39 is 22.1 Å². The number of alkyl halides is 2. The molecule has 0 aromatic heterocycles. The predicted molar refractivity (Wildman–Crippen MR) is 131 cm³/mol. The number of nitrogens with zero attached hydrogens (tertiary/aromatic N) is 1. The van der Waals surface area contributed by atoms with Gasteiger partial charge in [0.2, 0.25) is 5.91 Å². The molecule has 2 aliphatic rings. The van der Waals surface area contributed by atoms with Crippen molar-refractivity contribution in [2.24, 2.45) is 11.8 Å². The molecule has 10 heteroatoms. The average molecular weight is 546 g/mol. The molecule has 2 N–H and O–H groups in total. The Morgan fingerprint density at radius 3 is 2.39 bits per heavy atom. The van der Waals surface area contributed by atoms with Gasteiger partial charge in [-0.2, -0.15) is 5.26 Å². The molecule has 4 unspecified atom stereocenters. The summed E-state index contributed by atoms with van der Waals surface area (Å²) >= 11 is 31.1. The van der Waals surface area contributed by atoms with Crippen molar-refractivity contribution in [3.05, 3.63) is 62.6 Å². The van der Waals surface area contributed by atoms with Gasteiger partial charge in [0.15, 0.2) is 0 Å². The third kappa shape index (κ3) is 5.06. The predicted octanol–water partition coefficient (Wildman–Crippen LogP) is 6.59. The molecule has 2 saturated carbocycles. The van der Waals surface area contributed by atoms with Crippen LogP contribution in [0.25, 0.3) is 0 Å². The Bertz CT molecular complexity index is 1160. The molecule has 2 amide bonds. The monoisotopic (exact) mass is 543 g/mol. The maximum Gasteiger partial charge on any atom is 0.253 e. The van der Waals surface area contributed by atoms with Crippen molar-refractivity contribution >= 4 is 75.5 Å². The molecule has 0 aliphatic heterocycles. The molecule has 0 spiro atoms. The fourth-order valence-corrected chi connectivity index (χ4v) is 5.60. The Kier molecular flexibility index (Phi) is 7.05. The number of nitriles is 1. The lowest BCUT2D eigenvalue weighted by atomic mass is 10.1. The highest BCUT2D eigenvalue weighted by molar-refractivity contribution is 6.53. The summed E-state index contributed by atoms with van der Waals surface area (Å²) in [7, 11) is 0. The molecule has 0 heterocycles. The van der Waals surface area contributed by atoms with Crippen molar-refractivity contribution < 1.29 is 9.59 Å². The molecule has 2 aromatic rings. The number of benzene rings is 2. The minimum absolute atomic E-state index is 0.0511. The van der Waals surface area contributed by atoms with Gasteiger partial charge in [-0.05, 0) is 55.2 Å². The normalized spacial score (nSPS) is 25.2. The summed E-state index contributed by atoms with van der Waals surface area (Å²) < 4.78 is -1.30. The Hall–Kier alpha value is -1.68. The van der Waals surface area contributed by atoms with Gasteiger partial charge < -0.3 is 10.6 Å². The Morgan fingerprint density at radius 1 is 1.00 bits per heavy atom. The van der Waals surface area contributed by atoms with Crippen molar-refractivity contribution in [2.45, 2.75) is 35.6 Å². The van der Waals surface area contributed by atoms with Crippen LogP contribution in [0, 0.1) is 23.2 Å². The van der Waals surface area contributed by atoms with Gasteiger partial charge in [0.25, 0.3) is 5.91 Å². The number of amides is 2. The molecular formula is C23H18Cl5N3O2. The fourth-order valence-electron chi connectivity index (χ4n) is 4.26. The quantitative estimate of drug-likeness (QED) is 0.416. The van der Waals surface area contributed by atoms with Crippen LogP contribution in [0.1, 0.15) is 41.1 Å². The van der Waals surface area contributed by atoms with Gasteiger partial charge in [-0.25, -0.2) is 0 Å². The first kappa shape index (κ1) is 24.4. The number of carbonyl (C=O) groups excluding carboxylic acids is 2. The highest BCUT2D eigenvalue weighted by atomic mass is 35.5. The molecule has 2 fully saturated rings. The zero-order valence-electron chi connectivity index (χ0n) is 17.0. The minimum Gasteiger partial charge on any atom is -0.349 e. The van der Waals surface area contributed by atoms with E-state index >= 15 is 0 Å². The molecule has 0 saturated heterocycles. The Morgan fingerprint density at radius 2 is 1.73 bits per heavy atom. The molecule has 4 atom stereocenters. The molecule has 172 valence electrons. The molecule has 0 bridgehead atoms. The number of hydrogen-bond acceptors (Lipinski definition) is 3. The van der Waals surface area contributed by atoms with Gasteiger partial charge in [0.05, 0.1) is 32.6 Å². The number of halogens is 5. The summed E-state index contributed by atoms with van der Waals surface area (Å²) in [6.07, 6.45) is 2.11. The van der Waals surface area contributed by atoms with Gasteiger partial charge in [0.1, 0.15) is 4.33 Å². The van der Waals surface area contributed by atoms with E-state index in [1.807, 2.05) is 0 Å². The Labute approximate surface area is 216 Å². The van der Waals surface area contributed by atoms with Crippen LogP contribution in [-0.2, 0) is 4.79 Å². The van der Waals surface area contributed by atoms with E-state index in [4.69, 9.17) is 63.3 Å². The molecule has 5 nitrogen and oxygen atoms in total. The standard InChI is InChI=1S/C23H18Cl5N3O2/c24-16-6-4-14(9-15(16)21(32)30-13-3-1-11(7-13)10-29)31-22(33)20-19(23(20,27)28)12-2-5-17(25)18(26)8-12/h2,4-6,8-9,11,13,19-20H,1,3,7H2,(H,30,32)(H,31,33). The van der Waals surface area contributed by atoms with Crippen molar-refractivity contribution in [3.8, 4) is 6.07 Å². The highest BCUT2D eigenvalue weighted by Crippen LogP contribution is 2.65. The number of nitrogens with one attached hydrogen (secondary N) is 2. The van der Waals surface area contributed by atoms with Gasteiger partial charge in [0, 0.05) is 23.6 Å². The minimum atomic E-state index is -1.30. The maximum atomic E-state index is 12.9. The molecular weight excluding hydrogens is 528 g/mol. The summed E-state index contributed by atoms with van der Waals surface area (Å²) in [5, 5.41) is 15.7. The van der Waals surface area contributed by atoms with E-state index in [1.54, 1.807) is 24.3 Å². The van der Waals surface area contributed by atoms with Gasteiger partial charge >= 0.3 is 0 Å². The summed E-state index contributed by atoms with van der Waals surface area (Å²) in [4.78, 5) is 25.7. The summed E-state index contributed by atoms with van der Waals surface area (Å²) in [5.41, 5.74) is 1.33. The zero-order chi connectivity index (χ0) is 23.9. The van der Waals surface area contributed by atoms with Gasteiger partial charge in [-0.1, -0.05) is 40.9 Å². The van der Waals surface area contributed by atoms with E-state index in [0.29, 0.717) is 27.7 Å². The largest absolute Gasteiger partial charge is 0.349 e. The maximum absolute atomic E-state index is 12.9. The summed E-state index contributed by atoms with van der Waals surface area (Å²) in [5.74, 6) is -1.97. The Balaban J connectivity index is 1.46. The third-order valence-corrected chi connectivity index (χ3v) is 8.08. The van der Waals surface area contributed by atoms with Crippen LogP contribution < -0.4 is 10.6 Å². The number of anilines is 1. The first-order valence-corrected chi connectivity index (χ1v) is 12.1. The van der Waals surface area contributed by atoms with Crippen molar-refractivity contribution in [1.29, 1.82) is 5.26 Å². The second kappa shape index (κ2) is 9.52. The van der Waals surface area contributed by atoms with Crippen molar-refractivity contribution in [2.75, 3.05) is 5.32 Å². The lowest BCUT2D eigenvalue weighted by Crippen LogP contribution is -2.33. The molecule has 2 aliphatic carbocycles. The third-order valence-electron chi connectivity index (χ3n) is 6.07. The van der Waals surface area contributed by atoms with Crippen LogP contribution in [0.15, 0.2) is 36.4 Å². The summed E-state index contributed by atoms with van der Waals surface area (Å²) in [6.45, 7) is 0. The van der Waals surface area contributed by atoms with Crippen LogP contribution >= 0.6 is 58.0 Å². The van der Waals surface area contributed by atoms with Crippen LogP contribution in [0.2, 0.25) is 15.1 Å². The van der Waals surface area contributed by atoms with E-state index in [9.17, 15) is 9.59 Å². The van der Waals surface area contributed by atoms with Gasteiger partial charge in [-0.3, -0.25) is 9.59 Å². The first-order valence-electron chi connectivity index (χ1n) is 10.3. The van der Waals surface area contributed by atoms with E-state index in [2.05, 4.69) is 16.7 Å². The van der Waals surface area contributed by atoms with Crippen LogP contribution in [0.4, 0.5) is 5.69 Å². The molecule has 4 rings (SSSR count). The second-order valence-corrected chi connectivity index (χ2v) is 11.0. The molecule has 33 heavy (non-hydrogen) atoms. The smallest absolute Gasteiger partial charge is 0.253 e. The van der Waals surface area contributed by atoms with Crippen LogP contribution in [-0.4, -0.2) is 22.2 Å². The number of rotatable bonds is 5. The lowest BCUT2D eigenvalue weighted by Gasteiger charge is -2.14. The fraction of sp³-hybridized carbons (Fsp3) is 0.348. The second-order valence-electron chi connectivity index (χ2n) is 8.30. The number of hydrogen-bond donors (Lipinski definition) is 2. The average Bonchev–Trinajstić information content (AvgIpc) is 3.10. The summed E-state index contributed by atoms with van der Waals surface area (Å²) in [6, 6.07) is 11.8. The topological polar surface area (TPSA) is 82.0 Å². The van der Waals surface area contributed by atoms with Crippen molar-refractivity contribution in [1.82, 2.24) is 5.32 Å². The highest BCUT2D eigenvalue weighted by Gasteiger charge is 2.67. The van der Waals surface area contributed by atoms with Crippen LogP contribution in [0.5, 0.6) is 0 Å². The number of carbonyl (C=O) groups is 2. The lowest BCUT2D eigenvalue weighted by molar-refractivity contribution is -0.117. The van der Waals surface area contributed by atoms with E-state index in [0.717, 1.165) is 12.8 Å². The molecule has 0 radical (unpaired) electrons. The van der Waals surface area contributed by atoms with E-state index in [-0.39, 0.29) is 28.5 Å². The SMILES string of the molecule is N#CC1CCC(NC(=O)c2cc(NC(=O)C3C(c4ccc(Cl)c(Cl)c4)C3(Cl)Cl)ccc2Cl)C1. The van der Waals surface area contributed by atoms with Crippen molar-refractivity contribution in [3.63, 3.8) is 0 Å². The van der Waals surface area contributed by atoms with E-state index in [1.165, 1.54) is 12.1 Å². The van der Waals surface area contributed by atoms with Crippen LogP contribution in [0.3, 0.4) is 0 Å². The molecule has 2 aromatic carbocycles. The first-order chi connectivity index (χ1) is 15.6. The van der Waals surface area contributed by atoms with Gasteiger partial charge in [-0.15, -0.1) is 23.2 Å².